The second kappa shape index (κ2) is 3.39. The largest absolute Gasteiger partial charge is 0.283 e. The molecule has 68 valence electrons. The summed E-state index contributed by atoms with van der Waals surface area (Å²) in [6.45, 7) is 0. The summed E-state index contributed by atoms with van der Waals surface area (Å²) in [5.41, 5.74) is -1.97. The number of nitrogens with zero attached hydrogens (tertiary/aromatic N) is 2. The van der Waals surface area contributed by atoms with Crippen LogP contribution in [0.25, 0.3) is 0 Å². The van der Waals surface area contributed by atoms with Crippen molar-refractivity contribution < 1.29 is 17.6 Å². The lowest BCUT2D eigenvalue weighted by atomic mass is 10.2. The van der Waals surface area contributed by atoms with E-state index in [9.17, 15) is 17.6 Å². The van der Waals surface area contributed by atoms with Crippen molar-refractivity contribution in [2.75, 3.05) is 0 Å². The second-order valence-electron chi connectivity index (χ2n) is 2.10. The highest BCUT2D eigenvalue weighted by atomic mass is 19.3. The zero-order chi connectivity index (χ0) is 10.0. The van der Waals surface area contributed by atoms with Crippen molar-refractivity contribution >= 4 is 0 Å². The number of alkyl halides is 2. The number of nitriles is 1. The summed E-state index contributed by atoms with van der Waals surface area (Å²) in [6, 6.07) is 1.28. The zero-order valence-electron chi connectivity index (χ0n) is 6.06. The zero-order valence-corrected chi connectivity index (χ0v) is 6.06. The molecule has 0 aliphatic heterocycles. The first-order valence-electron chi connectivity index (χ1n) is 3.10. The average molecular weight is 190 g/mol. The molecular formula is C7H2F4N2. The van der Waals surface area contributed by atoms with E-state index in [4.69, 9.17) is 5.26 Å². The molecule has 0 aromatic carbocycles. The van der Waals surface area contributed by atoms with Gasteiger partial charge in [0.15, 0.2) is 11.6 Å². The molecule has 1 aromatic rings. The predicted octanol–water partition coefficient (Wildman–Crippen LogP) is 2.17. The van der Waals surface area contributed by atoms with E-state index in [1.807, 2.05) is 0 Å². The molecule has 0 aliphatic rings. The summed E-state index contributed by atoms with van der Waals surface area (Å²) in [5, 5.41) is 8.19. The summed E-state index contributed by atoms with van der Waals surface area (Å²) in [4.78, 5) is 2.92. The number of hydrogen-bond acceptors (Lipinski definition) is 2. The van der Waals surface area contributed by atoms with Gasteiger partial charge < -0.3 is 0 Å². The van der Waals surface area contributed by atoms with E-state index in [2.05, 4.69) is 4.98 Å². The lowest BCUT2D eigenvalue weighted by Gasteiger charge is -2.01. The monoisotopic (exact) mass is 190 g/mol. The third-order valence-corrected chi connectivity index (χ3v) is 1.31. The van der Waals surface area contributed by atoms with E-state index in [0.29, 0.717) is 6.20 Å². The lowest BCUT2D eigenvalue weighted by Crippen LogP contribution is -2.01. The Bertz CT molecular complexity index is 369. The van der Waals surface area contributed by atoms with Crippen LogP contribution >= 0.6 is 0 Å². The molecule has 6 heteroatoms. The third kappa shape index (κ3) is 1.59. The number of pyridine rings is 1. The van der Waals surface area contributed by atoms with E-state index in [-0.39, 0.29) is 0 Å². The van der Waals surface area contributed by atoms with E-state index in [0.717, 1.165) is 0 Å². The molecule has 0 amide bonds. The molecule has 0 saturated carbocycles. The predicted molar refractivity (Wildman–Crippen MR) is 33.8 cm³/mol. The molecule has 0 spiro atoms. The van der Waals surface area contributed by atoms with E-state index in [1.165, 1.54) is 6.07 Å². The van der Waals surface area contributed by atoms with E-state index < -0.39 is 29.3 Å². The molecule has 0 radical (unpaired) electrons. The highest BCUT2D eigenvalue weighted by Gasteiger charge is 2.21. The van der Waals surface area contributed by atoms with Gasteiger partial charge in [0.2, 0.25) is 0 Å². The Morgan fingerprint density at radius 3 is 2.38 bits per heavy atom. The maximum absolute atomic E-state index is 12.7. The van der Waals surface area contributed by atoms with Crippen LogP contribution < -0.4 is 0 Å². The van der Waals surface area contributed by atoms with Crippen molar-refractivity contribution in [3.63, 3.8) is 0 Å². The van der Waals surface area contributed by atoms with Gasteiger partial charge in [0.25, 0.3) is 6.43 Å². The van der Waals surface area contributed by atoms with Crippen molar-refractivity contribution in [1.82, 2.24) is 4.98 Å². The van der Waals surface area contributed by atoms with Crippen LogP contribution in [0.2, 0.25) is 0 Å². The SMILES string of the molecule is N#Cc1cnc(C(F)F)c(F)c1F. The van der Waals surface area contributed by atoms with Crippen LogP contribution in [-0.2, 0) is 0 Å². The fraction of sp³-hybridized carbons (Fsp3) is 0.143. The molecule has 1 heterocycles. The van der Waals surface area contributed by atoms with Crippen molar-refractivity contribution in [3.05, 3.63) is 29.1 Å². The van der Waals surface area contributed by atoms with Crippen molar-refractivity contribution in [2.24, 2.45) is 0 Å². The minimum Gasteiger partial charge on any atom is -0.251 e. The molecule has 13 heavy (non-hydrogen) atoms. The Balaban J connectivity index is 3.33. The molecule has 0 aliphatic carbocycles. The van der Waals surface area contributed by atoms with Crippen LogP contribution in [0.3, 0.4) is 0 Å². The molecule has 0 atom stereocenters. The quantitative estimate of drug-likeness (QED) is 0.636. The van der Waals surface area contributed by atoms with Gasteiger partial charge in [-0.1, -0.05) is 0 Å². The van der Waals surface area contributed by atoms with Gasteiger partial charge in [-0.25, -0.2) is 17.6 Å². The highest BCUT2D eigenvalue weighted by Crippen LogP contribution is 2.22. The van der Waals surface area contributed by atoms with Gasteiger partial charge in [-0.05, 0) is 0 Å². The summed E-state index contributed by atoms with van der Waals surface area (Å²) >= 11 is 0. The lowest BCUT2D eigenvalue weighted by molar-refractivity contribution is 0.139. The minimum atomic E-state index is -3.19. The fourth-order valence-corrected chi connectivity index (χ4v) is 0.708. The van der Waals surface area contributed by atoms with Crippen LogP contribution in [0, 0.1) is 23.0 Å². The Hall–Kier alpha value is -1.64. The normalized spacial score (nSPS) is 10.2. The summed E-state index contributed by atoms with van der Waals surface area (Å²) in [7, 11) is 0. The van der Waals surface area contributed by atoms with Crippen LogP contribution in [0.4, 0.5) is 17.6 Å². The Morgan fingerprint density at radius 2 is 1.92 bits per heavy atom. The first-order chi connectivity index (χ1) is 6.07. The topological polar surface area (TPSA) is 36.7 Å². The molecular weight excluding hydrogens is 188 g/mol. The Kier molecular flexibility index (Phi) is 2.46. The molecule has 1 aromatic heterocycles. The summed E-state index contributed by atoms with van der Waals surface area (Å²) in [6.07, 6.45) is -2.62. The van der Waals surface area contributed by atoms with E-state index >= 15 is 0 Å². The van der Waals surface area contributed by atoms with Crippen LogP contribution in [-0.4, -0.2) is 4.98 Å². The van der Waals surface area contributed by atoms with Crippen LogP contribution in [0.5, 0.6) is 0 Å². The molecule has 0 saturated heterocycles. The van der Waals surface area contributed by atoms with Crippen LogP contribution in [0.1, 0.15) is 17.7 Å². The Morgan fingerprint density at radius 1 is 1.31 bits per heavy atom. The molecule has 0 bridgehead atoms. The van der Waals surface area contributed by atoms with Gasteiger partial charge in [-0.3, -0.25) is 4.98 Å². The summed E-state index contributed by atoms with van der Waals surface area (Å²) in [5.74, 6) is -3.36. The van der Waals surface area contributed by atoms with Gasteiger partial charge >= 0.3 is 0 Å². The molecule has 0 N–H and O–H groups in total. The highest BCUT2D eigenvalue weighted by molar-refractivity contribution is 5.29. The minimum absolute atomic E-state index is 0.569. The number of halogens is 4. The average Bonchev–Trinajstić information content (AvgIpc) is 2.09. The van der Waals surface area contributed by atoms with Gasteiger partial charge in [-0.15, -0.1) is 0 Å². The van der Waals surface area contributed by atoms with Crippen molar-refractivity contribution in [2.45, 2.75) is 6.43 Å². The van der Waals surface area contributed by atoms with Gasteiger partial charge in [0.1, 0.15) is 17.3 Å². The number of aromatic nitrogens is 1. The van der Waals surface area contributed by atoms with Crippen molar-refractivity contribution in [3.8, 4) is 6.07 Å². The van der Waals surface area contributed by atoms with Crippen LogP contribution in [0.15, 0.2) is 6.20 Å². The smallest absolute Gasteiger partial charge is 0.251 e. The first kappa shape index (κ1) is 9.45. The van der Waals surface area contributed by atoms with Gasteiger partial charge in [0, 0.05) is 6.20 Å². The van der Waals surface area contributed by atoms with Gasteiger partial charge in [0.05, 0.1) is 0 Å². The third-order valence-electron chi connectivity index (χ3n) is 1.31. The van der Waals surface area contributed by atoms with E-state index in [1.54, 1.807) is 0 Å². The first-order valence-corrected chi connectivity index (χ1v) is 3.10. The molecule has 0 unspecified atom stereocenters. The maximum Gasteiger partial charge on any atom is 0.283 e. The Labute approximate surface area is 70.4 Å². The van der Waals surface area contributed by atoms with Crippen molar-refractivity contribution in [1.29, 1.82) is 5.26 Å². The summed E-state index contributed by atoms with van der Waals surface area (Å²) < 4.78 is 49.1. The molecule has 2 nitrogen and oxygen atoms in total. The second-order valence-corrected chi connectivity index (χ2v) is 2.10. The van der Waals surface area contributed by atoms with Gasteiger partial charge in [-0.2, -0.15) is 5.26 Å². The number of rotatable bonds is 1. The molecule has 1 rings (SSSR count). The number of hydrogen-bond donors (Lipinski definition) is 0. The maximum atomic E-state index is 12.7. The standard InChI is InChI=1S/C7H2F4N2/c8-4-3(1-12)2-13-6(5(4)9)7(10)11/h2,7H. The fourth-order valence-electron chi connectivity index (χ4n) is 0.708. The molecule has 0 fully saturated rings.